The van der Waals surface area contributed by atoms with Gasteiger partial charge in [0.1, 0.15) is 17.4 Å². The van der Waals surface area contributed by atoms with Crippen molar-refractivity contribution < 1.29 is 9.18 Å². The van der Waals surface area contributed by atoms with Crippen LogP contribution in [0.15, 0.2) is 23.0 Å². The smallest absolute Gasteiger partial charge is 0.278 e. The number of hydrogen-bond donors (Lipinski definition) is 1. The Labute approximate surface area is 107 Å². The van der Waals surface area contributed by atoms with Gasteiger partial charge >= 0.3 is 0 Å². The zero-order valence-electron chi connectivity index (χ0n) is 9.97. The molecule has 1 aliphatic rings. The Hall–Kier alpha value is -2.31. The Morgan fingerprint density at radius 1 is 1.37 bits per heavy atom. The van der Waals surface area contributed by atoms with Crippen LogP contribution in [-0.2, 0) is 4.79 Å². The highest BCUT2D eigenvalue weighted by Crippen LogP contribution is 2.16. The third-order valence-corrected chi connectivity index (χ3v) is 3.20. The van der Waals surface area contributed by atoms with E-state index < -0.39 is 17.4 Å². The van der Waals surface area contributed by atoms with Crippen LogP contribution >= 0.6 is 0 Å². The molecule has 1 aromatic carbocycles. The minimum absolute atomic E-state index is 0.192. The van der Waals surface area contributed by atoms with Gasteiger partial charge in [-0.15, -0.1) is 5.10 Å². The van der Waals surface area contributed by atoms with Crippen LogP contribution in [0, 0.1) is 5.82 Å². The van der Waals surface area contributed by atoms with E-state index in [0.29, 0.717) is 13.0 Å². The number of carbonyl (C=O) groups excluding carboxylic acids is 1. The lowest BCUT2D eigenvalue weighted by atomic mass is 10.1. The Bertz CT molecular complexity index is 712. The average Bonchev–Trinajstić information content (AvgIpc) is 2.40. The first-order valence-corrected chi connectivity index (χ1v) is 5.99. The maximum atomic E-state index is 13.0. The van der Waals surface area contributed by atoms with Gasteiger partial charge in [0, 0.05) is 12.6 Å². The molecule has 0 saturated carbocycles. The lowest BCUT2D eigenvalue weighted by Gasteiger charge is -2.22. The van der Waals surface area contributed by atoms with Gasteiger partial charge in [-0.2, -0.15) is 4.68 Å². The minimum Gasteiger partial charge on any atom is -0.354 e. The largest absolute Gasteiger partial charge is 0.354 e. The second kappa shape index (κ2) is 4.42. The molecule has 2 heterocycles. The number of amides is 1. The average molecular weight is 262 g/mol. The SMILES string of the molecule is O=C1NCCCC1n1nnc2cc(F)ccc2c1=O. The summed E-state index contributed by atoms with van der Waals surface area (Å²) in [7, 11) is 0. The van der Waals surface area contributed by atoms with Crippen molar-refractivity contribution in [3.63, 3.8) is 0 Å². The lowest BCUT2D eigenvalue weighted by molar-refractivity contribution is -0.126. The first-order valence-electron chi connectivity index (χ1n) is 5.99. The fourth-order valence-corrected chi connectivity index (χ4v) is 2.22. The van der Waals surface area contributed by atoms with Crippen molar-refractivity contribution in [2.75, 3.05) is 6.54 Å². The Morgan fingerprint density at radius 3 is 3.00 bits per heavy atom. The van der Waals surface area contributed by atoms with E-state index in [2.05, 4.69) is 15.6 Å². The number of aromatic nitrogens is 3. The van der Waals surface area contributed by atoms with Gasteiger partial charge in [-0.1, -0.05) is 5.21 Å². The zero-order valence-corrected chi connectivity index (χ0v) is 9.97. The van der Waals surface area contributed by atoms with E-state index in [-0.39, 0.29) is 16.8 Å². The molecule has 6 nitrogen and oxygen atoms in total. The van der Waals surface area contributed by atoms with E-state index >= 15 is 0 Å². The molecule has 98 valence electrons. The second-order valence-electron chi connectivity index (χ2n) is 4.45. The number of nitrogens with one attached hydrogen (secondary N) is 1. The maximum absolute atomic E-state index is 13.0. The van der Waals surface area contributed by atoms with Gasteiger partial charge in [-0.3, -0.25) is 9.59 Å². The maximum Gasteiger partial charge on any atom is 0.278 e. The topological polar surface area (TPSA) is 76.9 Å². The van der Waals surface area contributed by atoms with E-state index in [1.807, 2.05) is 0 Å². The number of piperidine rings is 1. The monoisotopic (exact) mass is 262 g/mol. The number of benzene rings is 1. The molecule has 1 atom stereocenters. The highest BCUT2D eigenvalue weighted by Gasteiger charge is 2.26. The molecule has 0 aliphatic carbocycles. The van der Waals surface area contributed by atoms with E-state index in [1.165, 1.54) is 12.1 Å². The van der Waals surface area contributed by atoms with Gasteiger partial charge in [0.05, 0.1) is 5.39 Å². The third kappa shape index (κ3) is 1.96. The normalized spacial score (nSPS) is 19.4. The van der Waals surface area contributed by atoms with Crippen LogP contribution in [0.2, 0.25) is 0 Å². The van der Waals surface area contributed by atoms with E-state index in [4.69, 9.17) is 0 Å². The summed E-state index contributed by atoms with van der Waals surface area (Å²) in [5.74, 6) is -0.710. The van der Waals surface area contributed by atoms with Crippen molar-refractivity contribution in [3.05, 3.63) is 34.4 Å². The number of carbonyl (C=O) groups is 1. The summed E-state index contributed by atoms with van der Waals surface area (Å²) in [6.45, 7) is 0.607. The van der Waals surface area contributed by atoms with E-state index in [9.17, 15) is 14.0 Å². The first kappa shape index (κ1) is 11.8. The molecule has 3 rings (SSSR count). The molecular weight excluding hydrogens is 251 g/mol. The number of rotatable bonds is 1. The van der Waals surface area contributed by atoms with Gasteiger partial charge in [0.25, 0.3) is 5.56 Å². The van der Waals surface area contributed by atoms with Crippen molar-refractivity contribution in [3.8, 4) is 0 Å². The van der Waals surface area contributed by atoms with Gasteiger partial charge in [0.2, 0.25) is 5.91 Å². The number of nitrogens with zero attached hydrogens (tertiary/aromatic N) is 3. The fraction of sp³-hybridized carbons (Fsp3) is 0.333. The summed E-state index contributed by atoms with van der Waals surface area (Å²) in [5, 5.41) is 10.5. The molecule has 7 heteroatoms. The molecule has 1 aliphatic heterocycles. The molecule has 19 heavy (non-hydrogen) atoms. The second-order valence-corrected chi connectivity index (χ2v) is 4.45. The summed E-state index contributed by atoms with van der Waals surface area (Å²) in [5.41, 5.74) is -0.232. The molecule has 0 bridgehead atoms. The molecule has 1 fully saturated rings. The van der Waals surface area contributed by atoms with Crippen LogP contribution in [0.5, 0.6) is 0 Å². The van der Waals surface area contributed by atoms with Gasteiger partial charge in [-0.25, -0.2) is 4.39 Å². The van der Waals surface area contributed by atoms with Crippen molar-refractivity contribution in [1.82, 2.24) is 20.3 Å². The minimum atomic E-state index is -0.636. The summed E-state index contributed by atoms with van der Waals surface area (Å²) in [6.07, 6.45) is 1.33. The summed E-state index contributed by atoms with van der Waals surface area (Å²) in [6, 6.07) is 3.06. The van der Waals surface area contributed by atoms with Crippen LogP contribution in [-0.4, -0.2) is 27.4 Å². The van der Waals surface area contributed by atoms with Gasteiger partial charge in [-0.05, 0) is 25.0 Å². The highest BCUT2D eigenvalue weighted by molar-refractivity contribution is 5.81. The number of fused-ring (bicyclic) bond motifs is 1. The van der Waals surface area contributed by atoms with Gasteiger partial charge in [0.15, 0.2) is 0 Å². The molecule has 0 spiro atoms. The highest BCUT2D eigenvalue weighted by atomic mass is 19.1. The molecule has 1 amide bonds. The third-order valence-electron chi connectivity index (χ3n) is 3.20. The summed E-state index contributed by atoms with van der Waals surface area (Å²) in [4.78, 5) is 24.0. The van der Waals surface area contributed by atoms with Crippen LogP contribution < -0.4 is 10.9 Å². The Morgan fingerprint density at radius 2 is 2.21 bits per heavy atom. The summed E-state index contributed by atoms with van der Waals surface area (Å²) >= 11 is 0. The van der Waals surface area contributed by atoms with Crippen LogP contribution in [0.1, 0.15) is 18.9 Å². The number of halogens is 1. The molecule has 1 saturated heterocycles. The molecule has 1 N–H and O–H groups in total. The van der Waals surface area contributed by atoms with Crippen LogP contribution in [0.25, 0.3) is 10.9 Å². The van der Waals surface area contributed by atoms with Crippen molar-refractivity contribution >= 4 is 16.8 Å². The Balaban J connectivity index is 2.15. The standard InChI is InChI=1S/C12H11FN4O2/c13-7-3-4-8-9(6-7)15-16-17(12(8)19)10-2-1-5-14-11(10)18/h3-4,6,10H,1-2,5H2,(H,14,18). The predicted molar refractivity (Wildman–Crippen MR) is 65.0 cm³/mol. The predicted octanol–water partition coefficient (Wildman–Crippen LogP) is 0.382. The molecule has 1 unspecified atom stereocenters. The van der Waals surface area contributed by atoms with Crippen molar-refractivity contribution in [2.24, 2.45) is 0 Å². The fourth-order valence-electron chi connectivity index (χ4n) is 2.22. The van der Waals surface area contributed by atoms with Gasteiger partial charge < -0.3 is 5.32 Å². The van der Waals surface area contributed by atoms with Crippen molar-refractivity contribution in [1.29, 1.82) is 0 Å². The van der Waals surface area contributed by atoms with Crippen LogP contribution in [0.3, 0.4) is 0 Å². The lowest BCUT2D eigenvalue weighted by Crippen LogP contribution is -2.42. The summed E-state index contributed by atoms with van der Waals surface area (Å²) < 4.78 is 14.1. The molecule has 1 aromatic heterocycles. The molecule has 0 radical (unpaired) electrons. The molecular formula is C12H11FN4O2. The van der Waals surface area contributed by atoms with Crippen molar-refractivity contribution in [2.45, 2.75) is 18.9 Å². The Kier molecular flexibility index (Phi) is 2.73. The number of hydrogen-bond acceptors (Lipinski definition) is 4. The quantitative estimate of drug-likeness (QED) is 0.806. The molecule has 2 aromatic rings. The van der Waals surface area contributed by atoms with E-state index in [1.54, 1.807) is 0 Å². The van der Waals surface area contributed by atoms with E-state index in [0.717, 1.165) is 17.2 Å². The zero-order chi connectivity index (χ0) is 13.4. The first-order chi connectivity index (χ1) is 9.16. The van der Waals surface area contributed by atoms with Crippen LogP contribution in [0.4, 0.5) is 4.39 Å².